The molecule has 0 saturated heterocycles. The van der Waals surface area contributed by atoms with Crippen LogP contribution in [-0.4, -0.2) is 39.8 Å². The smallest absolute Gasteiger partial charge is 0.411 e. The number of nitrogens with zero attached hydrogens (tertiary/aromatic N) is 1. The van der Waals surface area contributed by atoms with Crippen molar-refractivity contribution >= 4 is 12.1 Å². The van der Waals surface area contributed by atoms with Gasteiger partial charge in [-0.05, 0) is 34.1 Å². The van der Waals surface area contributed by atoms with Crippen molar-refractivity contribution in [2.75, 3.05) is 6.54 Å². The van der Waals surface area contributed by atoms with E-state index < -0.39 is 23.2 Å². The van der Waals surface area contributed by atoms with Gasteiger partial charge in [0.25, 0.3) is 0 Å². The normalized spacial score (nSPS) is 24.6. The average Bonchev–Trinajstić information content (AvgIpc) is 2.15. The first kappa shape index (κ1) is 13.5. The Morgan fingerprint density at radius 3 is 2.41 bits per heavy atom. The molecule has 96 valence electrons. The number of aliphatic carboxylic acids is 1. The van der Waals surface area contributed by atoms with Gasteiger partial charge < -0.3 is 9.84 Å². The van der Waals surface area contributed by atoms with Crippen molar-refractivity contribution < 1.29 is 19.4 Å². The molecule has 1 rings (SSSR count). The molecule has 1 atom stereocenters. The van der Waals surface area contributed by atoms with Gasteiger partial charge in [-0.25, -0.2) is 9.59 Å². The van der Waals surface area contributed by atoms with Crippen molar-refractivity contribution in [3.63, 3.8) is 0 Å². The Hall–Kier alpha value is -1.52. The van der Waals surface area contributed by atoms with E-state index in [1.165, 1.54) is 11.8 Å². The zero-order chi connectivity index (χ0) is 13.3. The molecule has 1 aliphatic heterocycles. The molecule has 0 aromatic carbocycles. The molecule has 0 spiro atoms. The second-order valence-electron chi connectivity index (χ2n) is 5.35. The first-order chi connectivity index (χ1) is 7.67. The lowest BCUT2D eigenvalue weighted by atomic mass is 9.93. The number of carboxylic acid groups (broad SMARTS) is 1. The van der Waals surface area contributed by atoms with Gasteiger partial charge >= 0.3 is 12.1 Å². The summed E-state index contributed by atoms with van der Waals surface area (Å²) >= 11 is 0. The minimum Gasteiger partial charge on any atom is -0.479 e. The molecule has 0 radical (unpaired) electrons. The highest BCUT2D eigenvalue weighted by molar-refractivity contribution is 5.84. The number of rotatable bonds is 1. The third-order valence-electron chi connectivity index (χ3n) is 2.64. The van der Waals surface area contributed by atoms with Crippen molar-refractivity contribution in [2.24, 2.45) is 0 Å². The Kier molecular flexibility index (Phi) is 3.50. The van der Waals surface area contributed by atoms with Gasteiger partial charge in [0.2, 0.25) is 0 Å². The van der Waals surface area contributed by atoms with Gasteiger partial charge in [-0.2, -0.15) is 0 Å². The Morgan fingerprint density at radius 2 is 1.94 bits per heavy atom. The summed E-state index contributed by atoms with van der Waals surface area (Å²) in [4.78, 5) is 24.5. The molecular formula is C12H19NO4. The fourth-order valence-electron chi connectivity index (χ4n) is 1.60. The molecular weight excluding hydrogens is 222 g/mol. The van der Waals surface area contributed by atoms with Gasteiger partial charge in [0, 0.05) is 6.54 Å². The van der Waals surface area contributed by atoms with Crippen molar-refractivity contribution in [3.05, 3.63) is 12.2 Å². The van der Waals surface area contributed by atoms with E-state index in [1.807, 2.05) is 0 Å². The van der Waals surface area contributed by atoms with Crippen LogP contribution in [-0.2, 0) is 9.53 Å². The minimum absolute atomic E-state index is 0.262. The molecule has 5 heteroatoms. The Balaban J connectivity index is 2.91. The van der Waals surface area contributed by atoms with Crippen LogP contribution in [0.25, 0.3) is 0 Å². The second kappa shape index (κ2) is 4.39. The van der Waals surface area contributed by atoms with E-state index in [1.54, 1.807) is 32.9 Å². The summed E-state index contributed by atoms with van der Waals surface area (Å²) in [6, 6.07) is 0. The van der Waals surface area contributed by atoms with Gasteiger partial charge in [-0.15, -0.1) is 0 Å². The van der Waals surface area contributed by atoms with Crippen molar-refractivity contribution in [1.82, 2.24) is 4.90 Å². The third-order valence-corrected chi connectivity index (χ3v) is 2.64. The molecule has 5 nitrogen and oxygen atoms in total. The van der Waals surface area contributed by atoms with Crippen LogP contribution in [0.3, 0.4) is 0 Å². The molecule has 1 heterocycles. The molecule has 0 unspecified atom stereocenters. The fraction of sp³-hybridized carbons (Fsp3) is 0.667. The van der Waals surface area contributed by atoms with E-state index in [-0.39, 0.29) is 6.54 Å². The number of carbonyl (C=O) groups is 2. The molecule has 0 aromatic rings. The van der Waals surface area contributed by atoms with Crippen molar-refractivity contribution in [3.8, 4) is 0 Å². The lowest BCUT2D eigenvalue weighted by Crippen LogP contribution is -2.57. The highest BCUT2D eigenvalue weighted by atomic mass is 16.6. The lowest BCUT2D eigenvalue weighted by Gasteiger charge is -2.39. The van der Waals surface area contributed by atoms with Gasteiger partial charge in [0.15, 0.2) is 0 Å². The molecule has 0 bridgehead atoms. The van der Waals surface area contributed by atoms with E-state index in [2.05, 4.69) is 0 Å². The van der Waals surface area contributed by atoms with E-state index in [0.29, 0.717) is 6.42 Å². The zero-order valence-corrected chi connectivity index (χ0v) is 10.7. The molecule has 0 aliphatic carbocycles. The number of carbonyl (C=O) groups excluding carboxylic acids is 1. The van der Waals surface area contributed by atoms with Crippen LogP contribution in [0.4, 0.5) is 4.79 Å². The number of carboxylic acids is 1. The summed E-state index contributed by atoms with van der Waals surface area (Å²) in [5, 5.41) is 9.23. The van der Waals surface area contributed by atoms with E-state index >= 15 is 0 Å². The van der Waals surface area contributed by atoms with Gasteiger partial charge in [-0.3, -0.25) is 4.90 Å². The highest BCUT2D eigenvalue weighted by Gasteiger charge is 2.44. The predicted octanol–water partition coefficient (Wildman–Crippen LogP) is 2.03. The molecule has 17 heavy (non-hydrogen) atoms. The van der Waals surface area contributed by atoms with Crippen LogP contribution in [0.5, 0.6) is 0 Å². The fourth-order valence-corrected chi connectivity index (χ4v) is 1.60. The van der Waals surface area contributed by atoms with Crippen molar-refractivity contribution in [2.45, 2.75) is 45.3 Å². The van der Waals surface area contributed by atoms with E-state index in [9.17, 15) is 14.7 Å². The molecule has 1 N–H and O–H groups in total. The average molecular weight is 241 g/mol. The van der Waals surface area contributed by atoms with Crippen LogP contribution in [0.15, 0.2) is 12.2 Å². The lowest BCUT2D eigenvalue weighted by molar-refractivity contribution is -0.150. The van der Waals surface area contributed by atoms with Gasteiger partial charge in [0.05, 0.1) is 0 Å². The number of hydrogen-bond acceptors (Lipinski definition) is 3. The predicted molar refractivity (Wildman–Crippen MR) is 62.7 cm³/mol. The number of hydrogen-bond donors (Lipinski definition) is 1. The third kappa shape index (κ3) is 2.99. The standard InChI is InChI=1S/C12H19NO4/c1-11(2,3)17-10(16)13-8-6-5-7-12(13,4)9(14)15/h5-6H,7-8H2,1-4H3,(H,14,15)/t12-/m0/s1. The monoisotopic (exact) mass is 241 g/mol. The Morgan fingerprint density at radius 1 is 1.35 bits per heavy atom. The zero-order valence-electron chi connectivity index (χ0n) is 10.7. The molecule has 0 aromatic heterocycles. The van der Waals surface area contributed by atoms with Gasteiger partial charge in [0.1, 0.15) is 11.1 Å². The maximum absolute atomic E-state index is 11.9. The Labute approximate surface area is 101 Å². The van der Waals surface area contributed by atoms with Crippen LogP contribution in [0, 0.1) is 0 Å². The number of amides is 1. The van der Waals surface area contributed by atoms with Crippen LogP contribution >= 0.6 is 0 Å². The summed E-state index contributed by atoms with van der Waals surface area (Å²) in [5.74, 6) is -1.02. The first-order valence-electron chi connectivity index (χ1n) is 5.56. The summed E-state index contributed by atoms with van der Waals surface area (Å²) in [7, 11) is 0. The SMILES string of the molecule is CC(C)(C)OC(=O)N1CC=CC[C@@]1(C)C(=O)O. The molecule has 0 saturated carbocycles. The molecule has 1 amide bonds. The Bertz CT molecular complexity index is 356. The van der Waals surface area contributed by atoms with Crippen LogP contribution in [0.2, 0.25) is 0 Å². The second-order valence-corrected chi connectivity index (χ2v) is 5.35. The summed E-state index contributed by atoms with van der Waals surface area (Å²) in [5.41, 5.74) is -1.85. The molecule has 1 aliphatic rings. The summed E-state index contributed by atoms with van der Waals surface area (Å²) < 4.78 is 5.21. The topological polar surface area (TPSA) is 66.8 Å². The summed E-state index contributed by atoms with van der Waals surface area (Å²) in [6.07, 6.45) is 3.25. The van der Waals surface area contributed by atoms with Crippen molar-refractivity contribution in [1.29, 1.82) is 0 Å². The van der Waals surface area contributed by atoms with Crippen LogP contribution < -0.4 is 0 Å². The quantitative estimate of drug-likeness (QED) is 0.713. The maximum Gasteiger partial charge on any atom is 0.411 e. The van der Waals surface area contributed by atoms with Gasteiger partial charge in [-0.1, -0.05) is 12.2 Å². The minimum atomic E-state index is -1.23. The maximum atomic E-state index is 11.9. The largest absolute Gasteiger partial charge is 0.479 e. The molecule has 0 fully saturated rings. The highest BCUT2D eigenvalue weighted by Crippen LogP contribution is 2.26. The van der Waals surface area contributed by atoms with E-state index in [4.69, 9.17) is 4.74 Å². The first-order valence-corrected chi connectivity index (χ1v) is 5.56. The number of ether oxygens (including phenoxy) is 1. The van der Waals surface area contributed by atoms with E-state index in [0.717, 1.165) is 0 Å². The summed E-state index contributed by atoms with van der Waals surface area (Å²) in [6.45, 7) is 7.05. The van der Waals surface area contributed by atoms with Crippen LogP contribution in [0.1, 0.15) is 34.1 Å².